The van der Waals surface area contributed by atoms with Crippen LogP contribution >= 0.6 is 0 Å². The zero-order valence-corrected chi connectivity index (χ0v) is 19.4. The number of amides is 2. The van der Waals surface area contributed by atoms with Crippen LogP contribution < -0.4 is 5.32 Å². The van der Waals surface area contributed by atoms with Crippen molar-refractivity contribution < 1.29 is 18.4 Å². The van der Waals surface area contributed by atoms with Gasteiger partial charge in [0.15, 0.2) is 0 Å². The number of carbonyl (C=O) groups excluding carboxylic acids is 2. The summed E-state index contributed by atoms with van der Waals surface area (Å²) in [6.45, 7) is 4.47. The third-order valence-corrected chi connectivity index (χ3v) is 5.48. The second-order valence-corrected chi connectivity index (χ2v) is 8.09. The molecule has 1 saturated heterocycles. The summed E-state index contributed by atoms with van der Waals surface area (Å²) in [5.74, 6) is -4.37. The summed E-state index contributed by atoms with van der Waals surface area (Å²) in [6, 6.07) is 7.50. The van der Waals surface area contributed by atoms with Gasteiger partial charge in [-0.1, -0.05) is 62.1 Å². The summed E-state index contributed by atoms with van der Waals surface area (Å²) < 4.78 is 27.2. The average molecular weight is 477 g/mol. The van der Waals surface area contributed by atoms with Crippen molar-refractivity contribution in [2.75, 3.05) is 13.1 Å². The molecule has 6 nitrogen and oxygen atoms in total. The molecule has 1 N–H and O–H groups in total. The molecule has 0 saturated carbocycles. The Morgan fingerprint density at radius 2 is 2.14 bits per heavy atom. The van der Waals surface area contributed by atoms with Crippen molar-refractivity contribution in [2.24, 2.45) is 0 Å². The van der Waals surface area contributed by atoms with E-state index < -0.39 is 43.3 Å². The first-order valence-corrected chi connectivity index (χ1v) is 11.2. The summed E-state index contributed by atoms with van der Waals surface area (Å²) in [4.78, 5) is 30.3. The molecule has 1 aromatic heterocycles. The Hall–Kier alpha value is -4.12. The lowest BCUT2D eigenvalue weighted by Crippen LogP contribution is -2.43. The fourth-order valence-electron chi connectivity index (χ4n) is 3.76. The fourth-order valence-corrected chi connectivity index (χ4v) is 3.76. The van der Waals surface area contributed by atoms with E-state index in [-0.39, 0.29) is 0 Å². The molecule has 0 spiro atoms. The molecule has 1 aliphatic heterocycles. The number of halogens is 2. The number of hydrogen-bond donors (Lipinski definition) is 1. The predicted octanol–water partition coefficient (Wildman–Crippen LogP) is 4.82. The number of nitrogens with zero attached hydrogens (tertiary/aromatic N) is 3. The first kappa shape index (κ1) is 25.5. The van der Waals surface area contributed by atoms with Crippen molar-refractivity contribution in [1.29, 1.82) is 5.26 Å². The molecule has 35 heavy (non-hydrogen) atoms. The van der Waals surface area contributed by atoms with Gasteiger partial charge in [-0.3, -0.25) is 14.6 Å². The second kappa shape index (κ2) is 11.3. The summed E-state index contributed by atoms with van der Waals surface area (Å²) in [5, 5.41) is 12.1. The molecule has 2 amide bonds. The number of nitrogens with one attached hydrogen (secondary N) is 1. The standard InChI is InChI=1S/C27H26F2N4O2/c1-3-5-7-19(6-4-2)8-9-20-10-11-22-23(12-13-31-24(22)14-20)26(35)32-17-25(34)33-18-27(28,29)15-21(33)16-30/h4-14,21H,2-3,15,17-18H2,1H3,(H,32,35)/b7-5-,9-8-,19-6+. The van der Waals surface area contributed by atoms with Crippen LogP contribution in [-0.2, 0) is 4.79 Å². The monoisotopic (exact) mass is 476 g/mol. The van der Waals surface area contributed by atoms with Crippen molar-refractivity contribution >= 4 is 28.8 Å². The zero-order chi connectivity index (χ0) is 25.4. The Bertz CT molecular complexity index is 1260. The molecule has 1 aromatic carbocycles. The maximum atomic E-state index is 13.6. The van der Waals surface area contributed by atoms with E-state index in [2.05, 4.69) is 23.8 Å². The normalized spacial score (nSPS) is 17.7. The van der Waals surface area contributed by atoms with Gasteiger partial charge in [-0.25, -0.2) is 8.78 Å². The van der Waals surface area contributed by atoms with Crippen LogP contribution in [0.15, 0.2) is 73.0 Å². The predicted molar refractivity (Wildman–Crippen MR) is 131 cm³/mol. The molecule has 0 bridgehead atoms. The van der Waals surface area contributed by atoms with Gasteiger partial charge in [0.05, 0.1) is 30.2 Å². The highest BCUT2D eigenvalue weighted by molar-refractivity contribution is 6.07. The molecule has 2 heterocycles. The largest absolute Gasteiger partial charge is 0.343 e. The second-order valence-electron chi connectivity index (χ2n) is 8.09. The Balaban J connectivity index is 1.73. The molecule has 0 aliphatic carbocycles. The van der Waals surface area contributed by atoms with Crippen molar-refractivity contribution in [3.8, 4) is 6.07 Å². The van der Waals surface area contributed by atoms with E-state index >= 15 is 0 Å². The quantitative estimate of drug-likeness (QED) is 0.554. The molecule has 1 fully saturated rings. The number of benzene rings is 1. The Morgan fingerprint density at radius 1 is 1.34 bits per heavy atom. The molecule has 1 atom stereocenters. The number of fused-ring (bicyclic) bond motifs is 1. The van der Waals surface area contributed by atoms with Gasteiger partial charge in [0.1, 0.15) is 6.04 Å². The van der Waals surface area contributed by atoms with Crippen LogP contribution in [-0.4, -0.2) is 46.8 Å². The molecular formula is C27H26F2N4O2. The van der Waals surface area contributed by atoms with Crippen molar-refractivity contribution in [3.05, 3.63) is 84.1 Å². The summed E-state index contributed by atoms with van der Waals surface area (Å²) >= 11 is 0. The SMILES string of the molecule is C=C/C=C(\C=C/CC)/C=C\c1ccc2c(C(=O)NCC(=O)N3CC(F)(F)CC3C#N)ccnc2c1. The van der Waals surface area contributed by atoms with Crippen LogP contribution in [0.5, 0.6) is 0 Å². The van der Waals surface area contributed by atoms with Gasteiger partial charge >= 0.3 is 0 Å². The van der Waals surface area contributed by atoms with Gasteiger partial charge in [0.25, 0.3) is 11.8 Å². The molecular weight excluding hydrogens is 450 g/mol. The number of pyridine rings is 1. The van der Waals surface area contributed by atoms with Gasteiger partial charge in [-0.05, 0) is 29.7 Å². The maximum Gasteiger partial charge on any atom is 0.268 e. The topological polar surface area (TPSA) is 86.1 Å². The Kier molecular flexibility index (Phi) is 8.26. The fraction of sp³-hybridized carbons (Fsp3) is 0.259. The molecule has 180 valence electrons. The van der Waals surface area contributed by atoms with Crippen LogP contribution in [0.1, 0.15) is 35.7 Å². The van der Waals surface area contributed by atoms with E-state index in [4.69, 9.17) is 5.26 Å². The van der Waals surface area contributed by atoms with Gasteiger partial charge in [0.2, 0.25) is 5.91 Å². The first-order valence-electron chi connectivity index (χ1n) is 11.2. The number of likely N-dealkylation sites (tertiary alicyclic amines) is 1. The number of allylic oxidation sites excluding steroid dienone is 6. The van der Waals surface area contributed by atoms with Crippen molar-refractivity contribution in [3.63, 3.8) is 0 Å². The highest BCUT2D eigenvalue weighted by atomic mass is 19.3. The van der Waals surface area contributed by atoms with Gasteiger partial charge in [0, 0.05) is 18.0 Å². The molecule has 2 aromatic rings. The molecule has 0 radical (unpaired) electrons. The zero-order valence-electron chi connectivity index (χ0n) is 19.4. The van der Waals surface area contributed by atoms with Gasteiger partial charge in [-0.15, -0.1) is 0 Å². The molecule has 8 heteroatoms. The number of nitriles is 1. The highest BCUT2D eigenvalue weighted by Crippen LogP contribution is 2.31. The number of alkyl halides is 2. The lowest BCUT2D eigenvalue weighted by atomic mass is 10.0. The highest BCUT2D eigenvalue weighted by Gasteiger charge is 2.47. The van der Waals surface area contributed by atoms with Crippen molar-refractivity contribution in [2.45, 2.75) is 31.7 Å². The summed E-state index contributed by atoms with van der Waals surface area (Å²) in [6.07, 6.45) is 13.3. The maximum absolute atomic E-state index is 13.6. The van der Waals surface area contributed by atoms with E-state index in [0.717, 1.165) is 22.5 Å². The van der Waals surface area contributed by atoms with E-state index in [1.54, 1.807) is 18.2 Å². The van der Waals surface area contributed by atoms with E-state index in [1.165, 1.54) is 12.3 Å². The van der Waals surface area contributed by atoms with Crippen LogP contribution in [0.25, 0.3) is 17.0 Å². The van der Waals surface area contributed by atoms with E-state index in [9.17, 15) is 18.4 Å². The minimum atomic E-state index is -3.11. The van der Waals surface area contributed by atoms with Gasteiger partial charge < -0.3 is 10.2 Å². The van der Waals surface area contributed by atoms with Crippen molar-refractivity contribution in [1.82, 2.24) is 15.2 Å². The number of rotatable bonds is 8. The third kappa shape index (κ3) is 6.48. The summed E-state index contributed by atoms with van der Waals surface area (Å²) in [7, 11) is 0. The third-order valence-electron chi connectivity index (χ3n) is 5.48. The summed E-state index contributed by atoms with van der Waals surface area (Å²) in [5.41, 5.74) is 2.77. The van der Waals surface area contributed by atoms with Crippen LogP contribution in [0.4, 0.5) is 8.78 Å². The lowest BCUT2D eigenvalue weighted by Gasteiger charge is -2.19. The smallest absolute Gasteiger partial charge is 0.268 e. The minimum Gasteiger partial charge on any atom is -0.343 e. The minimum absolute atomic E-state index is 0.306. The van der Waals surface area contributed by atoms with Crippen LogP contribution in [0.3, 0.4) is 0 Å². The number of carbonyl (C=O) groups is 2. The Labute approximate surface area is 202 Å². The Morgan fingerprint density at radius 3 is 2.86 bits per heavy atom. The van der Waals surface area contributed by atoms with Gasteiger partial charge in [-0.2, -0.15) is 5.26 Å². The number of hydrogen-bond acceptors (Lipinski definition) is 4. The van der Waals surface area contributed by atoms with Crippen LogP contribution in [0, 0.1) is 11.3 Å². The lowest BCUT2D eigenvalue weighted by molar-refractivity contribution is -0.131. The molecule has 3 rings (SSSR count). The average Bonchev–Trinajstić information content (AvgIpc) is 3.18. The van der Waals surface area contributed by atoms with E-state index in [1.807, 2.05) is 42.5 Å². The van der Waals surface area contributed by atoms with E-state index in [0.29, 0.717) is 16.5 Å². The molecule has 1 aliphatic rings. The first-order chi connectivity index (χ1) is 16.8. The molecule has 1 unspecified atom stereocenters. The number of aromatic nitrogens is 1. The van der Waals surface area contributed by atoms with Crippen LogP contribution in [0.2, 0.25) is 0 Å².